The summed E-state index contributed by atoms with van der Waals surface area (Å²) >= 11 is 12.0. The van der Waals surface area contributed by atoms with Gasteiger partial charge in [-0.2, -0.15) is 0 Å². The fourth-order valence-electron chi connectivity index (χ4n) is 6.63. The molecule has 12 nitrogen and oxygen atoms in total. The van der Waals surface area contributed by atoms with Gasteiger partial charge < -0.3 is 28.9 Å². The number of aromatic nitrogens is 4. The number of ether oxygens (including phenoxy) is 4. The number of nitrogens with zero attached hydrogens (tertiary/aromatic N) is 4. The number of esters is 4. The Morgan fingerprint density at radius 3 is 1.85 bits per heavy atom. The van der Waals surface area contributed by atoms with E-state index in [0.717, 1.165) is 22.3 Å². The predicted octanol–water partition coefficient (Wildman–Crippen LogP) is 5.07. The maximum atomic E-state index is 12.8. The Labute approximate surface area is 328 Å². The molecule has 3 aliphatic rings. The first-order valence-electron chi connectivity index (χ1n) is 16.6. The fourth-order valence-corrected chi connectivity index (χ4v) is 7.19. The van der Waals surface area contributed by atoms with Gasteiger partial charge in [-0.3, -0.25) is 24.2 Å². The van der Waals surface area contributed by atoms with Crippen LogP contribution in [0, 0.1) is 6.92 Å². The smallest absolute Gasteiger partial charge is 0.660 e. The van der Waals surface area contributed by atoms with E-state index < -0.39 is 22.8 Å². The Bertz CT molecular complexity index is 2140. The Kier molecular flexibility index (Phi) is 12.8. The number of carbonyl (C=O) groups is 4. The largest absolute Gasteiger partial charge is 2.00 e. The third kappa shape index (κ3) is 7.97. The molecule has 2 atom stereocenters. The van der Waals surface area contributed by atoms with Crippen LogP contribution in [0.3, 0.4) is 0 Å². The number of hydrogen-bond acceptors (Lipinski definition) is 12. The number of methoxy groups -OCH3 is 4. The molecule has 2 aromatic heterocycles. The summed E-state index contributed by atoms with van der Waals surface area (Å²) < 4.78 is 20.0. The monoisotopic (exact) mass is 802 g/mol. The quantitative estimate of drug-likeness (QED) is 0.136. The number of fused-ring (bicyclic) bond motifs is 8. The molecule has 0 amide bonds. The Morgan fingerprint density at radius 2 is 1.25 bits per heavy atom. The molecule has 0 N–H and O–H groups in total. The summed E-state index contributed by atoms with van der Waals surface area (Å²) in [4.78, 5) is 70.8. The Morgan fingerprint density at radius 1 is 0.679 bits per heavy atom. The van der Waals surface area contributed by atoms with Crippen LogP contribution in [-0.4, -0.2) is 72.0 Å². The molecule has 3 aliphatic heterocycles. The van der Waals surface area contributed by atoms with Gasteiger partial charge in [0, 0.05) is 23.1 Å². The van der Waals surface area contributed by atoms with E-state index in [1.807, 2.05) is 33.8 Å². The first-order valence-corrected chi connectivity index (χ1v) is 17.4. The Balaban J connectivity index is 0.00000627. The van der Waals surface area contributed by atoms with Crippen LogP contribution in [0.2, 0.25) is 0 Å². The van der Waals surface area contributed by atoms with E-state index in [2.05, 4.69) is 0 Å². The normalized spacial score (nSPS) is 18.6. The van der Waals surface area contributed by atoms with Crippen molar-refractivity contribution >= 4 is 80.2 Å². The second-order valence-electron chi connectivity index (χ2n) is 13.3. The molecule has 0 fully saturated rings. The van der Waals surface area contributed by atoms with Gasteiger partial charge in [0.05, 0.1) is 74.3 Å². The summed E-state index contributed by atoms with van der Waals surface area (Å²) in [5.74, 6) is -1.70. The molecular weight excluding hydrogens is 763 g/mol. The topological polar surface area (TPSA) is 159 Å². The molecular formula is C38H40N4NiO8S2. The maximum absolute atomic E-state index is 12.8. The van der Waals surface area contributed by atoms with Crippen molar-refractivity contribution in [1.82, 2.24) is 19.9 Å². The second kappa shape index (κ2) is 16.4. The molecule has 53 heavy (non-hydrogen) atoms. The minimum Gasteiger partial charge on any atom is -0.660 e. The van der Waals surface area contributed by atoms with E-state index in [1.165, 1.54) is 28.4 Å². The molecule has 0 radical (unpaired) electrons. The molecule has 0 unspecified atom stereocenters. The first kappa shape index (κ1) is 41.4. The van der Waals surface area contributed by atoms with Crippen LogP contribution in [0.5, 0.6) is 0 Å². The van der Waals surface area contributed by atoms with Crippen LogP contribution in [0.1, 0.15) is 98.2 Å². The molecule has 5 rings (SSSR count). The van der Waals surface area contributed by atoms with Crippen molar-refractivity contribution in [2.45, 2.75) is 77.0 Å². The first-order chi connectivity index (χ1) is 24.6. The average Bonchev–Trinajstić information content (AvgIpc) is 3.73. The van der Waals surface area contributed by atoms with E-state index >= 15 is 0 Å². The van der Waals surface area contributed by atoms with E-state index in [0.29, 0.717) is 67.8 Å². The van der Waals surface area contributed by atoms with Crippen molar-refractivity contribution in [3.63, 3.8) is 0 Å². The summed E-state index contributed by atoms with van der Waals surface area (Å²) in [6.07, 6.45) is 0.707. The minimum atomic E-state index is -1.07. The predicted molar refractivity (Wildman–Crippen MR) is 200 cm³/mol. The number of thiocarbonyl (C=S) groups is 2. The van der Waals surface area contributed by atoms with Crippen LogP contribution in [-0.2, 0) is 71.9 Å². The van der Waals surface area contributed by atoms with Crippen molar-refractivity contribution in [3.05, 3.63) is 69.6 Å². The molecule has 0 aliphatic carbocycles. The zero-order chi connectivity index (χ0) is 38.1. The SMILES string of the molecule is COC(=O)CCC1=C(C)c2cc3[n-]c(cc4nc(cc5[n-]c(cc1n2)c(CCC(=O)OC)c5C)C(=S)[C@]4(C)CC(=O)OC)C(=S)[C@]3(C)CC(=O)OC.[Ni+2]. The van der Waals surface area contributed by atoms with Gasteiger partial charge in [-0.05, 0) is 50.8 Å². The van der Waals surface area contributed by atoms with Gasteiger partial charge in [0.15, 0.2) is 0 Å². The zero-order valence-electron chi connectivity index (χ0n) is 30.7. The summed E-state index contributed by atoms with van der Waals surface area (Å²) in [6, 6.07) is 7.12. The van der Waals surface area contributed by atoms with E-state index in [1.54, 1.807) is 18.2 Å². The minimum absolute atomic E-state index is 0. The Hall–Kier alpha value is -4.33. The van der Waals surface area contributed by atoms with Crippen molar-refractivity contribution < 1.29 is 54.6 Å². The second-order valence-corrected chi connectivity index (χ2v) is 14.1. The van der Waals surface area contributed by atoms with Gasteiger partial charge in [-0.25, -0.2) is 4.98 Å². The van der Waals surface area contributed by atoms with Gasteiger partial charge in [-0.1, -0.05) is 60.7 Å². The molecule has 0 saturated heterocycles. The summed E-state index contributed by atoms with van der Waals surface area (Å²) in [7, 11) is 5.30. The van der Waals surface area contributed by atoms with E-state index in [4.69, 9.17) is 63.3 Å². The molecule has 282 valence electrons. The third-order valence-electron chi connectivity index (χ3n) is 10.0. The molecule has 2 aromatic rings. The number of carbonyl (C=O) groups excluding carboxylic acids is 4. The number of hydrogen-bond donors (Lipinski definition) is 0. The van der Waals surface area contributed by atoms with Gasteiger partial charge in [-0.15, -0.1) is 22.4 Å². The fraction of sp³-hybridized carbons (Fsp3) is 0.421. The molecule has 8 bridgehead atoms. The summed E-state index contributed by atoms with van der Waals surface area (Å²) in [5, 5.41) is 0. The number of aryl methyl sites for hydroxylation is 2. The molecule has 5 heterocycles. The number of allylic oxidation sites excluding steroid dienone is 2. The van der Waals surface area contributed by atoms with Gasteiger partial charge in [0.1, 0.15) is 0 Å². The zero-order valence-corrected chi connectivity index (χ0v) is 33.4. The molecule has 0 spiro atoms. The molecule has 0 aromatic carbocycles. The van der Waals surface area contributed by atoms with Crippen LogP contribution in [0.25, 0.3) is 22.2 Å². The van der Waals surface area contributed by atoms with Gasteiger partial charge in [0.2, 0.25) is 0 Å². The maximum Gasteiger partial charge on any atom is 2.00 e. The van der Waals surface area contributed by atoms with E-state index in [9.17, 15) is 19.2 Å². The average molecular weight is 804 g/mol. The molecule has 0 saturated carbocycles. The van der Waals surface area contributed by atoms with Crippen LogP contribution in [0.4, 0.5) is 0 Å². The van der Waals surface area contributed by atoms with Crippen molar-refractivity contribution in [2.24, 2.45) is 0 Å². The van der Waals surface area contributed by atoms with Gasteiger partial charge in [0.25, 0.3) is 0 Å². The van der Waals surface area contributed by atoms with Crippen molar-refractivity contribution in [2.75, 3.05) is 28.4 Å². The van der Waals surface area contributed by atoms with E-state index in [-0.39, 0.29) is 54.1 Å². The van der Waals surface area contributed by atoms with Crippen LogP contribution < -0.4 is 9.97 Å². The van der Waals surface area contributed by atoms with Gasteiger partial charge >= 0.3 is 40.4 Å². The van der Waals surface area contributed by atoms with Crippen molar-refractivity contribution in [3.8, 4) is 0 Å². The summed E-state index contributed by atoms with van der Waals surface area (Å²) in [6.45, 7) is 7.46. The standard InChI is InChI=1S/C38H41N4O8S2.Ni/c1-19-21(9-11-31(43)47-5)25-14-26-22(10-12-32(44)48-6)20(2)24(40-26)15-29-37(3,17-33(45)49-7)36(52)28(42-29)16-30-38(4,18-34(46)50-8)35(51)27(41-30)13-23(19)39-25;/h13-16H,9-12,17-18H2,1-8H3,(H-,39,40,41,42,51,52);/q-1;+2/p-1/t37-,38-;/m1./s1. The molecule has 15 heteroatoms. The van der Waals surface area contributed by atoms with Crippen LogP contribution in [0.15, 0.2) is 24.3 Å². The third-order valence-corrected chi connectivity index (χ3v) is 11.3. The van der Waals surface area contributed by atoms with Crippen LogP contribution >= 0.6 is 24.4 Å². The summed E-state index contributed by atoms with van der Waals surface area (Å²) in [5.41, 5.74) is 5.09. The number of rotatable bonds is 10. The van der Waals surface area contributed by atoms with Crippen molar-refractivity contribution in [1.29, 1.82) is 0 Å².